The largest absolute Gasteiger partial charge is 0.399 e. The first-order valence-corrected chi connectivity index (χ1v) is 9.11. The molecule has 0 aromatic heterocycles. The van der Waals surface area contributed by atoms with E-state index < -0.39 is 0 Å². The fourth-order valence-electron chi connectivity index (χ4n) is 4.79. The van der Waals surface area contributed by atoms with E-state index in [1.165, 1.54) is 10.5 Å². The third-order valence-electron chi connectivity index (χ3n) is 6.05. The van der Waals surface area contributed by atoms with Gasteiger partial charge in [0.2, 0.25) is 11.8 Å². The van der Waals surface area contributed by atoms with Crippen molar-refractivity contribution in [3.8, 4) is 0 Å². The Morgan fingerprint density at radius 3 is 1.85 bits per heavy atom. The summed E-state index contributed by atoms with van der Waals surface area (Å²) in [5, 5.41) is 0. The van der Waals surface area contributed by atoms with Gasteiger partial charge in [0.1, 0.15) is 0 Å². The zero-order valence-electron chi connectivity index (χ0n) is 14.3. The second-order valence-electron chi connectivity index (χ2n) is 7.60. The van der Waals surface area contributed by atoms with Gasteiger partial charge in [-0.1, -0.05) is 36.4 Å². The lowest BCUT2D eigenvalue weighted by atomic mass is 9.85. The van der Waals surface area contributed by atoms with Gasteiger partial charge in [-0.2, -0.15) is 0 Å². The number of fused-ring (bicyclic) bond motifs is 5. The molecule has 4 nitrogen and oxygen atoms in total. The number of hydrogen-bond donors (Lipinski definition) is 1. The van der Waals surface area contributed by atoms with Crippen LogP contribution in [0, 0.1) is 23.7 Å². The Balaban J connectivity index is 1.37. The van der Waals surface area contributed by atoms with Crippen LogP contribution in [0.4, 0.5) is 11.4 Å². The van der Waals surface area contributed by atoms with Crippen molar-refractivity contribution in [3.05, 3.63) is 71.8 Å². The molecule has 2 fully saturated rings. The molecular weight excluding hydrogens is 324 g/mol. The highest BCUT2D eigenvalue weighted by molar-refractivity contribution is 6.22. The Hall–Kier alpha value is -2.88. The molecule has 1 saturated carbocycles. The SMILES string of the molecule is Nc1ccc(Cc2ccc(N3C(=O)C4C(C3=O)[C@H]3C=C[C@@H]4C3)cc2)cc1. The van der Waals surface area contributed by atoms with E-state index in [-0.39, 0.29) is 35.5 Å². The Kier molecular flexibility index (Phi) is 3.29. The zero-order chi connectivity index (χ0) is 17.8. The number of nitrogens with zero attached hydrogens (tertiary/aromatic N) is 1. The summed E-state index contributed by atoms with van der Waals surface area (Å²) in [6.45, 7) is 0. The zero-order valence-corrected chi connectivity index (χ0v) is 14.3. The summed E-state index contributed by atoms with van der Waals surface area (Å²) < 4.78 is 0. The summed E-state index contributed by atoms with van der Waals surface area (Å²) >= 11 is 0. The van der Waals surface area contributed by atoms with E-state index in [1.54, 1.807) is 0 Å². The molecule has 1 heterocycles. The summed E-state index contributed by atoms with van der Waals surface area (Å²) in [6, 6.07) is 15.6. The molecule has 2 N–H and O–H groups in total. The molecule has 2 bridgehead atoms. The number of anilines is 2. The molecule has 1 saturated heterocycles. The minimum absolute atomic E-state index is 0.0249. The normalized spacial score (nSPS) is 28.8. The van der Waals surface area contributed by atoms with Crippen LogP contribution < -0.4 is 10.6 Å². The van der Waals surface area contributed by atoms with Gasteiger partial charge in [0, 0.05) is 5.69 Å². The molecule has 5 rings (SSSR count). The molecule has 2 aliphatic carbocycles. The van der Waals surface area contributed by atoms with Crippen LogP contribution >= 0.6 is 0 Å². The van der Waals surface area contributed by atoms with Crippen LogP contribution in [0.25, 0.3) is 0 Å². The highest BCUT2D eigenvalue weighted by atomic mass is 16.2. The first-order valence-electron chi connectivity index (χ1n) is 9.11. The second-order valence-corrected chi connectivity index (χ2v) is 7.60. The number of nitrogen functional groups attached to an aromatic ring is 1. The van der Waals surface area contributed by atoms with E-state index in [0.29, 0.717) is 5.69 Å². The molecule has 0 radical (unpaired) electrons. The fourth-order valence-corrected chi connectivity index (χ4v) is 4.79. The van der Waals surface area contributed by atoms with Crippen LogP contribution in [-0.4, -0.2) is 11.8 Å². The molecule has 4 atom stereocenters. The topological polar surface area (TPSA) is 63.4 Å². The van der Waals surface area contributed by atoms with E-state index in [0.717, 1.165) is 24.1 Å². The Bertz CT molecular complexity index is 884. The van der Waals surface area contributed by atoms with Gasteiger partial charge in [-0.25, -0.2) is 0 Å². The lowest BCUT2D eigenvalue weighted by Crippen LogP contribution is -2.32. The molecule has 3 aliphatic rings. The quantitative estimate of drug-likeness (QED) is 0.528. The van der Waals surface area contributed by atoms with Gasteiger partial charge in [0.15, 0.2) is 0 Å². The monoisotopic (exact) mass is 344 g/mol. The highest BCUT2D eigenvalue weighted by Crippen LogP contribution is 2.53. The third-order valence-corrected chi connectivity index (χ3v) is 6.05. The number of carbonyl (C=O) groups excluding carboxylic acids is 2. The van der Waals surface area contributed by atoms with Crippen LogP contribution in [-0.2, 0) is 16.0 Å². The van der Waals surface area contributed by atoms with Crippen molar-refractivity contribution in [1.82, 2.24) is 0 Å². The lowest BCUT2D eigenvalue weighted by Gasteiger charge is -2.17. The van der Waals surface area contributed by atoms with Crippen molar-refractivity contribution in [1.29, 1.82) is 0 Å². The summed E-state index contributed by atoms with van der Waals surface area (Å²) in [6.07, 6.45) is 6.00. The van der Waals surface area contributed by atoms with E-state index in [2.05, 4.69) is 12.2 Å². The van der Waals surface area contributed by atoms with Gasteiger partial charge in [-0.05, 0) is 60.1 Å². The first-order chi connectivity index (χ1) is 12.6. The van der Waals surface area contributed by atoms with Gasteiger partial charge in [-0.3, -0.25) is 14.5 Å². The van der Waals surface area contributed by atoms with E-state index in [4.69, 9.17) is 5.73 Å². The molecule has 4 heteroatoms. The number of amides is 2. The van der Waals surface area contributed by atoms with Gasteiger partial charge >= 0.3 is 0 Å². The Labute approximate surface area is 152 Å². The maximum absolute atomic E-state index is 12.9. The number of carbonyl (C=O) groups is 2. The maximum Gasteiger partial charge on any atom is 0.238 e. The third kappa shape index (κ3) is 2.22. The minimum atomic E-state index is -0.146. The van der Waals surface area contributed by atoms with Crippen LogP contribution in [0.5, 0.6) is 0 Å². The van der Waals surface area contributed by atoms with Crippen molar-refractivity contribution < 1.29 is 9.59 Å². The molecule has 2 unspecified atom stereocenters. The molecule has 26 heavy (non-hydrogen) atoms. The molecule has 0 spiro atoms. The maximum atomic E-state index is 12.9. The van der Waals surface area contributed by atoms with Gasteiger partial charge < -0.3 is 5.73 Å². The number of allylic oxidation sites excluding steroid dienone is 2. The smallest absolute Gasteiger partial charge is 0.238 e. The van der Waals surface area contributed by atoms with E-state index >= 15 is 0 Å². The van der Waals surface area contributed by atoms with Crippen LogP contribution in [0.3, 0.4) is 0 Å². The Morgan fingerprint density at radius 1 is 0.808 bits per heavy atom. The van der Waals surface area contributed by atoms with Crippen LogP contribution in [0.2, 0.25) is 0 Å². The molecule has 2 aromatic rings. The number of nitrogens with two attached hydrogens (primary N) is 1. The predicted octanol–water partition coefficient (Wildman–Crippen LogP) is 3.17. The summed E-state index contributed by atoms with van der Waals surface area (Å²) in [7, 11) is 0. The summed E-state index contributed by atoms with van der Waals surface area (Å²) in [5.41, 5.74) is 9.48. The average molecular weight is 344 g/mol. The molecule has 2 amide bonds. The number of hydrogen-bond acceptors (Lipinski definition) is 3. The first kappa shape index (κ1) is 15.4. The standard InChI is InChI=1S/C22H20N2O2/c23-17-7-1-13(2-8-17)11-14-3-9-18(10-4-14)24-21(25)19-15-5-6-16(12-15)20(19)22(24)26/h1-10,15-16,19-20H,11-12,23H2/t15-,16+,19?,20?. The molecule has 2 aromatic carbocycles. The van der Waals surface area contributed by atoms with Gasteiger partial charge in [0.25, 0.3) is 0 Å². The molecular formula is C22H20N2O2. The van der Waals surface area contributed by atoms with Crippen molar-refractivity contribution in [2.75, 3.05) is 10.6 Å². The second kappa shape index (κ2) is 5.56. The minimum Gasteiger partial charge on any atom is -0.399 e. The van der Waals surface area contributed by atoms with Crippen LogP contribution in [0.15, 0.2) is 60.7 Å². The van der Waals surface area contributed by atoms with Crippen molar-refractivity contribution >= 4 is 23.2 Å². The highest BCUT2D eigenvalue weighted by Gasteiger charge is 2.59. The fraction of sp³-hybridized carbons (Fsp3) is 0.273. The van der Waals surface area contributed by atoms with Crippen molar-refractivity contribution in [2.24, 2.45) is 23.7 Å². The Morgan fingerprint density at radius 2 is 1.31 bits per heavy atom. The predicted molar refractivity (Wildman–Crippen MR) is 100 cm³/mol. The van der Waals surface area contributed by atoms with E-state index in [9.17, 15) is 9.59 Å². The van der Waals surface area contributed by atoms with Crippen LogP contribution in [0.1, 0.15) is 17.5 Å². The summed E-state index contributed by atoms with van der Waals surface area (Å²) in [5.74, 6) is 0.151. The van der Waals surface area contributed by atoms with Gasteiger partial charge in [0.05, 0.1) is 17.5 Å². The number of imide groups is 1. The van der Waals surface area contributed by atoms with Crippen molar-refractivity contribution in [3.63, 3.8) is 0 Å². The molecule has 130 valence electrons. The average Bonchev–Trinajstić information content (AvgIpc) is 3.32. The lowest BCUT2D eigenvalue weighted by molar-refractivity contribution is -0.123. The number of benzene rings is 2. The number of rotatable bonds is 3. The van der Waals surface area contributed by atoms with Gasteiger partial charge in [-0.15, -0.1) is 0 Å². The van der Waals surface area contributed by atoms with Crippen molar-refractivity contribution in [2.45, 2.75) is 12.8 Å². The summed E-state index contributed by atoms with van der Waals surface area (Å²) in [4.78, 5) is 27.1. The van der Waals surface area contributed by atoms with E-state index in [1.807, 2.05) is 48.5 Å². The molecule has 1 aliphatic heterocycles.